The second-order valence-electron chi connectivity index (χ2n) is 8.07. The molecule has 2 aromatic carbocycles. The third kappa shape index (κ3) is 11.5. The smallest absolute Gasteiger partial charge is 0.257 e. The molecule has 2 rings (SSSR count). The molecule has 0 spiro atoms. The summed E-state index contributed by atoms with van der Waals surface area (Å²) < 4.78 is 119. The van der Waals surface area contributed by atoms with Gasteiger partial charge >= 0.3 is 0 Å². The van der Waals surface area contributed by atoms with Crippen molar-refractivity contribution in [2.24, 2.45) is 15.5 Å². The summed E-state index contributed by atoms with van der Waals surface area (Å²) in [6.07, 6.45) is 1.49. The Labute approximate surface area is 260 Å². The van der Waals surface area contributed by atoms with Crippen LogP contribution in [-0.2, 0) is 9.47 Å². The van der Waals surface area contributed by atoms with Gasteiger partial charge in [-0.1, -0.05) is 24.1 Å². The number of carbonyl (C=O) groups is 2. The predicted octanol–water partition coefficient (Wildman–Crippen LogP) is 6.78. The van der Waals surface area contributed by atoms with E-state index in [1.165, 1.54) is 0 Å². The number of azide groups is 2. The number of benzene rings is 2. The SMILES string of the molecule is CCCOCCNC(=O)c1c(F)c(F)c(N=[N+]=[N-])c(F)c1F.CCCOCCNC(=O)c1c(F)c(F)c(N=[N+]=[N-])c(F)c1F.NCl. The second-order valence-corrected chi connectivity index (χ2v) is 8.07. The van der Waals surface area contributed by atoms with Gasteiger partial charge in [-0.3, -0.25) is 9.59 Å². The lowest BCUT2D eigenvalue weighted by Gasteiger charge is -2.10. The molecule has 0 saturated heterocycles. The number of amides is 2. The molecule has 0 aromatic heterocycles. The number of ether oxygens (including phenoxy) is 2. The number of nitrogens with zero attached hydrogens (tertiary/aromatic N) is 6. The molecule has 22 heteroatoms. The van der Waals surface area contributed by atoms with Gasteiger partial charge in [-0.05, 0) is 35.7 Å². The maximum atomic E-state index is 13.6. The molecule has 2 amide bonds. The molecule has 0 aliphatic carbocycles. The molecule has 0 bridgehead atoms. The van der Waals surface area contributed by atoms with Gasteiger partial charge in [-0.25, -0.2) is 40.4 Å². The van der Waals surface area contributed by atoms with E-state index >= 15 is 0 Å². The Bertz CT molecular complexity index is 1290. The van der Waals surface area contributed by atoms with Crippen molar-refractivity contribution >= 4 is 35.0 Å². The van der Waals surface area contributed by atoms with Crippen molar-refractivity contribution in [1.29, 1.82) is 0 Å². The molecule has 0 aliphatic heterocycles. The molecule has 2 aromatic rings. The lowest BCUT2D eigenvalue weighted by molar-refractivity contribution is 0.0898. The van der Waals surface area contributed by atoms with Gasteiger partial charge in [-0.15, -0.1) is 0 Å². The first kappa shape index (κ1) is 41.6. The quantitative estimate of drug-likeness (QED) is 0.0372. The van der Waals surface area contributed by atoms with Crippen LogP contribution in [0.1, 0.15) is 47.4 Å². The molecule has 0 unspecified atom stereocenters. The number of rotatable bonds is 14. The van der Waals surface area contributed by atoms with E-state index in [0.29, 0.717) is 13.2 Å². The number of halogens is 9. The average Bonchev–Trinajstić information content (AvgIpc) is 3.04. The van der Waals surface area contributed by atoms with Crippen molar-refractivity contribution in [3.05, 3.63) is 78.6 Å². The summed E-state index contributed by atoms with van der Waals surface area (Å²) in [4.78, 5) is 27.3. The first-order chi connectivity index (χ1) is 21.9. The Balaban J connectivity index is 0.000000835. The van der Waals surface area contributed by atoms with Crippen LogP contribution in [0.4, 0.5) is 46.5 Å². The molecule has 4 N–H and O–H groups in total. The summed E-state index contributed by atoms with van der Waals surface area (Å²) in [5.41, 5.74) is 10.4. The minimum absolute atomic E-state index is 0.0740. The standard InChI is InChI=1S/2C12H12F4N4O2.ClH2N/c2*1-2-4-22-5-3-18-12(21)6-7(13)9(15)11(19-20-17)10(16)8(6)14;1-2/h2*2-5H2,1H3,(H,18,21);2H2. The summed E-state index contributed by atoms with van der Waals surface area (Å²) >= 11 is 4.14. The van der Waals surface area contributed by atoms with Crippen LogP contribution >= 0.6 is 11.8 Å². The number of hydrogen-bond donors (Lipinski definition) is 3. The fourth-order valence-corrected chi connectivity index (χ4v) is 3.05. The van der Waals surface area contributed by atoms with E-state index in [9.17, 15) is 44.7 Å². The van der Waals surface area contributed by atoms with Crippen molar-refractivity contribution < 1.29 is 54.2 Å². The predicted molar refractivity (Wildman–Crippen MR) is 147 cm³/mol. The van der Waals surface area contributed by atoms with Gasteiger partial charge in [0.15, 0.2) is 46.5 Å². The Morgan fingerprint density at radius 1 is 0.630 bits per heavy atom. The number of carbonyl (C=O) groups excluding carboxylic acids is 2. The van der Waals surface area contributed by atoms with Crippen LogP contribution in [0, 0.1) is 46.5 Å². The molecule has 46 heavy (non-hydrogen) atoms. The number of hydrogen-bond acceptors (Lipinski definition) is 7. The van der Waals surface area contributed by atoms with E-state index < -0.39 is 80.9 Å². The van der Waals surface area contributed by atoms with Gasteiger partial charge in [-0.2, -0.15) is 0 Å². The van der Waals surface area contributed by atoms with Gasteiger partial charge in [0.1, 0.15) is 22.5 Å². The van der Waals surface area contributed by atoms with E-state index in [0.717, 1.165) is 12.8 Å². The molecule has 0 radical (unpaired) electrons. The zero-order valence-corrected chi connectivity index (χ0v) is 24.7. The topological polar surface area (TPSA) is 200 Å². The third-order valence-corrected chi connectivity index (χ3v) is 4.98. The van der Waals surface area contributed by atoms with Crippen LogP contribution in [0.5, 0.6) is 0 Å². The minimum atomic E-state index is -1.94. The van der Waals surface area contributed by atoms with Crippen molar-refractivity contribution in [2.45, 2.75) is 26.7 Å². The van der Waals surface area contributed by atoms with Gasteiger partial charge in [0.05, 0.1) is 13.2 Å². The van der Waals surface area contributed by atoms with Crippen LogP contribution in [0.15, 0.2) is 10.2 Å². The highest BCUT2D eigenvalue weighted by atomic mass is 35.5. The lowest BCUT2D eigenvalue weighted by atomic mass is 10.1. The number of nitrogens with two attached hydrogens (primary N) is 1. The Morgan fingerprint density at radius 2 is 0.913 bits per heavy atom. The fraction of sp³-hybridized carbons (Fsp3) is 0.417. The first-order valence-electron chi connectivity index (χ1n) is 12.7. The normalized spacial score (nSPS) is 9.91. The van der Waals surface area contributed by atoms with E-state index in [2.05, 4.69) is 47.7 Å². The van der Waals surface area contributed by atoms with Crippen LogP contribution in [0.25, 0.3) is 20.9 Å². The van der Waals surface area contributed by atoms with Gasteiger partial charge < -0.3 is 20.1 Å². The second kappa shape index (κ2) is 22.2. The third-order valence-electron chi connectivity index (χ3n) is 4.98. The van der Waals surface area contributed by atoms with E-state index in [4.69, 9.17) is 20.5 Å². The highest BCUT2D eigenvalue weighted by molar-refractivity contribution is 6.11. The summed E-state index contributed by atoms with van der Waals surface area (Å²) in [5, 5.41) is 13.1. The Morgan fingerprint density at radius 3 is 1.15 bits per heavy atom. The summed E-state index contributed by atoms with van der Waals surface area (Å²) in [5.74, 6) is -18.2. The molecule has 254 valence electrons. The van der Waals surface area contributed by atoms with E-state index in [1.54, 1.807) is 0 Å². The molecular formula is C24H26ClF8N9O4. The zero-order chi connectivity index (χ0) is 35.4. The van der Waals surface area contributed by atoms with Crippen molar-refractivity contribution in [1.82, 2.24) is 10.6 Å². The largest absolute Gasteiger partial charge is 0.380 e. The maximum absolute atomic E-state index is 13.6. The monoisotopic (exact) mass is 691 g/mol. The molecular weight excluding hydrogens is 666 g/mol. The van der Waals surface area contributed by atoms with E-state index in [1.807, 2.05) is 13.8 Å². The maximum Gasteiger partial charge on any atom is 0.257 e. The Hall–Kier alpha value is -4.39. The highest BCUT2D eigenvalue weighted by Crippen LogP contribution is 2.31. The molecule has 0 fully saturated rings. The Kier molecular flexibility index (Phi) is 20.1. The summed E-state index contributed by atoms with van der Waals surface area (Å²) in [6.45, 7) is 4.54. The summed E-state index contributed by atoms with van der Waals surface area (Å²) in [6, 6.07) is 0. The van der Waals surface area contributed by atoms with Gasteiger partial charge in [0.25, 0.3) is 11.8 Å². The first-order valence-corrected chi connectivity index (χ1v) is 13.1. The van der Waals surface area contributed by atoms with Crippen molar-refractivity contribution in [3.8, 4) is 0 Å². The molecule has 0 aliphatic rings. The van der Waals surface area contributed by atoms with Crippen LogP contribution in [-0.4, -0.2) is 51.3 Å². The van der Waals surface area contributed by atoms with Crippen LogP contribution < -0.4 is 15.9 Å². The summed E-state index contributed by atoms with van der Waals surface area (Å²) in [7, 11) is 0. The molecule has 13 nitrogen and oxygen atoms in total. The lowest BCUT2D eigenvalue weighted by Crippen LogP contribution is -2.29. The average molecular weight is 692 g/mol. The van der Waals surface area contributed by atoms with Gasteiger partial charge in [0.2, 0.25) is 0 Å². The van der Waals surface area contributed by atoms with Crippen LogP contribution in [0.2, 0.25) is 0 Å². The molecule has 0 saturated carbocycles. The highest BCUT2D eigenvalue weighted by Gasteiger charge is 2.30. The van der Waals surface area contributed by atoms with Crippen LogP contribution in [0.3, 0.4) is 0 Å². The number of nitrogens with one attached hydrogen (secondary N) is 2. The minimum Gasteiger partial charge on any atom is -0.380 e. The zero-order valence-electron chi connectivity index (χ0n) is 24.0. The van der Waals surface area contributed by atoms with Crippen molar-refractivity contribution in [2.75, 3.05) is 39.5 Å². The van der Waals surface area contributed by atoms with Gasteiger partial charge in [0, 0.05) is 36.1 Å². The van der Waals surface area contributed by atoms with E-state index in [-0.39, 0.29) is 26.3 Å². The fourth-order valence-electron chi connectivity index (χ4n) is 3.05. The molecule has 0 heterocycles. The molecule has 0 atom stereocenters. The van der Waals surface area contributed by atoms with Crippen molar-refractivity contribution in [3.63, 3.8) is 0 Å².